The maximum Gasteiger partial charge on any atom is 0.239 e. The van der Waals surface area contributed by atoms with Gasteiger partial charge in [-0.2, -0.15) is 0 Å². The van der Waals surface area contributed by atoms with Crippen LogP contribution in [0.2, 0.25) is 0 Å². The van der Waals surface area contributed by atoms with Crippen LogP contribution in [0, 0.1) is 0 Å². The van der Waals surface area contributed by atoms with Gasteiger partial charge in [0.1, 0.15) is 11.8 Å². The minimum absolute atomic E-state index is 0.237. The number of carbonyl (C=O) groups excluding carboxylic acids is 1. The average molecular weight is 282 g/mol. The summed E-state index contributed by atoms with van der Waals surface area (Å²) < 4.78 is 0. The van der Waals surface area contributed by atoms with Crippen LogP contribution in [0.1, 0.15) is 22.7 Å². The van der Waals surface area contributed by atoms with Crippen molar-refractivity contribution in [3.63, 3.8) is 0 Å². The van der Waals surface area contributed by atoms with Crippen LogP contribution < -0.4 is 5.73 Å². The monoisotopic (exact) mass is 282 g/mol. The highest BCUT2D eigenvalue weighted by atomic mass is 16.3. The van der Waals surface area contributed by atoms with Gasteiger partial charge >= 0.3 is 0 Å². The second-order valence-corrected chi connectivity index (χ2v) is 5.39. The van der Waals surface area contributed by atoms with Crippen molar-refractivity contribution in [2.75, 3.05) is 6.54 Å². The highest BCUT2D eigenvalue weighted by Crippen LogP contribution is 2.31. The fourth-order valence-corrected chi connectivity index (χ4v) is 3.01. The smallest absolute Gasteiger partial charge is 0.239 e. The third kappa shape index (κ3) is 2.76. The van der Waals surface area contributed by atoms with Crippen LogP contribution in [0.5, 0.6) is 5.75 Å². The number of phenols is 1. The normalized spacial score (nSPS) is 18.2. The maximum absolute atomic E-state index is 11.9. The molecule has 1 amide bonds. The molecule has 3 rings (SSSR count). The van der Waals surface area contributed by atoms with E-state index in [2.05, 4.69) is 11.0 Å². The third-order valence-corrected chi connectivity index (χ3v) is 3.95. The Kier molecular flexibility index (Phi) is 3.62. The molecule has 2 aromatic carbocycles. The third-order valence-electron chi connectivity index (χ3n) is 3.95. The SMILES string of the molecule is NC(=O)C1c2ccccc2CCN1Cc1cccc(O)c1. The summed E-state index contributed by atoms with van der Waals surface area (Å²) in [6, 6.07) is 14.7. The molecular formula is C17H18N2O2. The van der Waals surface area contributed by atoms with Gasteiger partial charge in [-0.05, 0) is 35.2 Å². The van der Waals surface area contributed by atoms with E-state index < -0.39 is 6.04 Å². The van der Waals surface area contributed by atoms with E-state index in [1.807, 2.05) is 30.3 Å². The molecule has 1 atom stereocenters. The molecule has 0 saturated heterocycles. The highest BCUT2D eigenvalue weighted by Gasteiger charge is 2.31. The van der Waals surface area contributed by atoms with E-state index in [1.54, 1.807) is 12.1 Å². The Morgan fingerprint density at radius 1 is 1.24 bits per heavy atom. The number of fused-ring (bicyclic) bond motifs is 1. The van der Waals surface area contributed by atoms with Crippen molar-refractivity contribution in [3.8, 4) is 5.75 Å². The molecule has 0 radical (unpaired) electrons. The molecule has 4 nitrogen and oxygen atoms in total. The van der Waals surface area contributed by atoms with Crippen LogP contribution in [0.4, 0.5) is 0 Å². The second-order valence-electron chi connectivity index (χ2n) is 5.39. The second kappa shape index (κ2) is 5.58. The summed E-state index contributed by atoms with van der Waals surface area (Å²) >= 11 is 0. The first kappa shape index (κ1) is 13.6. The van der Waals surface area contributed by atoms with Crippen LogP contribution in [-0.2, 0) is 17.8 Å². The molecule has 0 spiro atoms. The Morgan fingerprint density at radius 2 is 2.05 bits per heavy atom. The Labute approximate surface area is 123 Å². The Bertz CT molecular complexity index is 669. The van der Waals surface area contributed by atoms with Crippen LogP contribution in [-0.4, -0.2) is 22.5 Å². The number of amides is 1. The van der Waals surface area contributed by atoms with Crippen molar-refractivity contribution >= 4 is 5.91 Å². The first-order valence-electron chi connectivity index (χ1n) is 7.04. The minimum Gasteiger partial charge on any atom is -0.508 e. The Hall–Kier alpha value is -2.33. The average Bonchev–Trinajstić information content (AvgIpc) is 2.46. The molecule has 0 aliphatic carbocycles. The van der Waals surface area contributed by atoms with Crippen molar-refractivity contribution in [2.24, 2.45) is 5.73 Å². The van der Waals surface area contributed by atoms with Gasteiger partial charge in [0.2, 0.25) is 5.91 Å². The lowest BCUT2D eigenvalue weighted by atomic mass is 9.92. The van der Waals surface area contributed by atoms with E-state index in [0.717, 1.165) is 24.1 Å². The summed E-state index contributed by atoms with van der Waals surface area (Å²) in [6.45, 7) is 1.37. The standard InChI is InChI=1S/C17H18N2O2/c18-17(21)16-15-7-2-1-5-13(15)8-9-19(16)11-12-4-3-6-14(20)10-12/h1-7,10,16,20H,8-9,11H2,(H2,18,21). The fourth-order valence-electron chi connectivity index (χ4n) is 3.01. The zero-order valence-corrected chi connectivity index (χ0v) is 11.7. The molecule has 1 aliphatic heterocycles. The van der Waals surface area contributed by atoms with Crippen molar-refractivity contribution < 1.29 is 9.90 Å². The number of hydrogen-bond acceptors (Lipinski definition) is 3. The zero-order valence-electron chi connectivity index (χ0n) is 11.7. The van der Waals surface area contributed by atoms with Gasteiger partial charge in [0, 0.05) is 13.1 Å². The van der Waals surface area contributed by atoms with Crippen LogP contribution in [0.3, 0.4) is 0 Å². The predicted molar refractivity (Wildman–Crippen MR) is 80.6 cm³/mol. The van der Waals surface area contributed by atoms with E-state index >= 15 is 0 Å². The summed E-state index contributed by atoms with van der Waals surface area (Å²) in [5.74, 6) is -0.0946. The molecule has 0 saturated carbocycles. The van der Waals surface area contributed by atoms with Crippen LogP contribution in [0.15, 0.2) is 48.5 Å². The van der Waals surface area contributed by atoms with Gasteiger partial charge in [0.25, 0.3) is 0 Å². The molecule has 1 aliphatic rings. The predicted octanol–water partition coefficient (Wildman–Crippen LogP) is 1.98. The molecule has 3 N–H and O–H groups in total. The summed E-state index contributed by atoms with van der Waals surface area (Å²) in [7, 11) is 0. The Morgan fingerprint density at radius 3 is 2.81 bits per heavy atom. The lowest BCUT2D eigenvalue weighted by molar-refractivity contribution is -0.124. The van der Waals surface area contributed by atoms with Gasteiger partial charge in [0.05, 0.1) is 0 Å². The first-order valence-corrected chi connectivity index (χ1v) is 7.04. The van der Waals surface area contributed by atoms with Gasteiger partial charge < -0.3 is 10.8 Å². The lowest BCUT2D eigenvalue weighted by Crippen LogP contribution is -2.42. The van der Waals surface area contributed by atoms with E-state index in [-0.39, 0.29) is 11.7 Å². The molecule has 0 bridgehead atoms. The molecule has 1 heterocycles. The number of phenolic OH excluding ortho intramolecular Hbond substituents is 1. The summed E-state index contributed by atoms with van der Waals surface area (Å²) in [6.07, 6.45) is 0.902. The van der Waals surface area contributed by atoms with Gasteiger partial charge in [-0.25, -0.2) is 0 Å². The van der Waals surface area contributed by atoms with Gasteiger partial charge in [-0.3, -0.25) is 9.69 Å². The zero-order chi connectivity index (χ0) is 14.8. The number of carbonyl (C=O) groups is 1. The number of nitrogens with two attached hydrogens (primary N) is 1. The van der Waals surface area contributed by atoms with E-state index in [4.69, 9.17) is 5.73 Å². The first-order chi connectivity index (χ1) is 10.1. The molecule has 4 heteroatoms. The number of rotatable bonds is 3. The molecule has 0 fully saturated rings. The fraction of sp³-hybridized carbons (Fsp3) is 0.235. The van der Waals surface area contributed by atoms with Crippen molar-refractivity contribution in [2.45, 2.75) is 19.0 Å². The molecule has 21 heavy (non-hydrogen) atoms. The van der Waals surface area contributed by atoms with E-state index in [0.29, 0.717) is 6.54 Å². The molecule has 2 aromatic rings. The Balaban J connectivity index is 1.91. The molecule has 0 aromatic heterocycles. The number of hydrogen-bond donors (Lipinski definition) is 2. The molecular weight excluding hydrogens is 264 g/mol. The van der Waals surface area contributed by atoms with Gasteiger partial charge in [-0.15, -0.1) is 0 Å². The van der Waals surface area contributed by atoms with Crippen molar-refractivity contribution in [1.82, 2.24) is 4.90 Å². The van der Waals surface area contributed by atoms with Crippen LogP contribution >= 0.6 is 0 Å². The van der Waals surface area contributed by atoms with Gasteiger partial charge in [0.15, 0.2) is 0 Å². The number of aromatic hydroxyl groups is 1. The van der Waals surface area contributed by atoms with E-state index in [9.17, 15) is 9.90 Å². The number of primary amides is 1. The summed E-state index contributed by atoms with van der Waals surface area (Å²) in [5.41, 5.74) is 8.78. The maximum atomic E-state index is 11.9. The number of nitrogens with zero attached hydrogens (tertiary/aromatic N) is 1. The van der Waals surface area contributed by atoms with Crippen molar-refractivity contribution in [1.29, 1.82) is 0 Å². The minimum atomic E-state index is -0.405. The summed E-state index contributed by atoms with van der Waals surface area (Å²) in [5, 5.41) is 9.57. The van der Waals surface area contributed by atoms with E-state index in [1.165, 1.54) is 5.56 Å². The molecule has 108 valence electrons. The highest BCUT2D eigenvalue weighted by molar-refractivity contribution is 5.82. The topological polar surface area (TPSA) is 66.6 Å². The summed E-state index contributed by atoms with van der Waals surface area (Å²) in [4.78, 5) is 14.0. The van der Waals surface area contributed by atoms with Gasteiger partial charge in [-0.1, -0.05) is 36.4 Å². The number of benzene rings is 2. The van der Waals surface area contributed by atoms with Crippen LogP contribution in [0.25, 0.3) is 0 Å². The quantitative estimate of drug-likeness (QED) is 0.904. The lowest BCUT2D eigenvalue weighted by Gasteiger charge is -2.35. The van der Waals surface area contributed by atoms with Crippen molar-refractivity contribution in [3.05, 3.63) is 65.2 Å². The largest absolute Gasteiger partial charge is 0.508 e. The molecule has 1 unspecified atom stereocenters.